The van der Waals surface area contributed by atoms with E-state index < -0.39 is 150 Å². The number of aliphatic carboxylic acids is 1. The van der Waals surface area contributed by atoms with Crippen molar-refractivity contribution in [3.05, 3.63) is 36.0 Å². The van der Waals surface area contributed by atoms with Crippen molar-refractivity contribution in [2.75, 3.05) is 32.8 Å². The number of unbranched alkanes of at least 4 members (excludes halogenated alkanes) is 5. The molecule has 0 aliphatic rings. The molecule has 0 bridgehead atoms. The molecule has 2 rings (SSSR count). The Morgan fingerprint density at radius 1 is 0.485 bits per heavy atom. The minimum absolute atomic E-state index is 0.00241. The van der Waals surface area contributed by atoms with Crippen LogP contribution in [0, 0.1) is 17.8 Å². The molecule has 34 heteroatoms. The number of guanidine groups is 2. The van der Waals surface area contributed by atoms with Gasteiger partial charge in [0.1, 0.15) is 60.4 Å². The SMILES string of the molecule is CC[C@H](C)[C@H](NC(=O)[C@H](CCCCN)NC(=O)[C@H](Cc1c[nH]c2ccccc12)NC(=O)[C@H](CCC(N)=O)NC(=O)CCCCCCCN)C(=O)N[C@@H](CCCN=C(N)N)C(=O)N[C@H](C(=O)N[C@@H](CCCN=C(N)N)C(=O)N[C@@H](CC(C)C)C(=O)N[C@@H](CO)C(=O)N[C@@H](C)C(=O)O)C(C)C. The molecule has 0 radical (unpaired) electrons. The Labute approximate surface area is 578 Å². The number of primary amides is 1. The lowest BCUT2D eigenvalue weighted by Crippen LogP contribution is -2.62. The van der Waals surface area contributed by atoms with Gasteiger partial charge in [-0.3, -0.25) is 67.5 Å². The van der Waals surface area contributed by atoms with Gasteiger partial charge >= 0.3 is 5.97 Å². The van der Waals surface area contributed by atoms with Crippen LogP contribution in [0.5, 0.6) is 0 Å². The number of carbonyl (C=O) groups is 12. The van der Waals surface area contributed by atoms with Gasteiger partial charge in [0, 0.05) is 49.5 Å². The lowest BCUT2D eigenvalue weighted by molar-refractivity contribution is -0.142. The number of aliphatic hydroxyl groups excluding tert-OH is 1. The molecule has 0 unspecified atom stereocenters. The number of amides is 11. The van der Waals surface area contributed by atoms with Gasteiger partial charge in [-0.05, 0) is 120 Å². The molecule has 0 fully saturated rings. The molecule has 556 valence electrons. The van der Waals surface area contributed by atoms with Crippen molar-refractivity contribution in [3.8, 4) is 0 Å². The summed E-state index contributed by atoms with van der Waals surface area (Å²) in [5.41, 5.74) is 40.7. The van der Waals surface area contributed by atoms with E-state index in [0.29, 0.717) is 37.8 Å². The van der Waals surface area contributed by atoms with E-state index in [0.717, 1.165) is 36.6 Å². The number of carboxylic acids is 1. The van der Waals surface area contributed by atoms with Gasteiger partial charge in [0.2, 0.25) is 65.0 Å². The smallest absolute Gasteiger partial charge is 0.325 e. The first-order valence-electron chi connectivity index (χ1n) is 34.1. The number of aliphatic hydroxyl groups is 1. The lowest BCUT2D eigenvalue weighted by atomic mass is 9.96. The van der Waals surface area contributed by atoms with Crippen LogP contribution in [-0.2, 0) is 64.0 Å². The van der Waals surface area contributed by atoms with Crippen LogP contribution in [0.4, 0.5) is 0 Å². The lowest BCUT2D eigenvalue weighted by Gasteiger charge is -2.30. The van der Waals surface area contributed by atoms with Gasteiger partial charge in [-0.15, -0.1) is 0 Å². The van der Waals surface area contributed by atoms with E-state index in [-0.39, 0.29) is 102 Å². The van der Waals surface area contributed by atoms with Gasteiger partial charge in [0.15, 0.2) is 11.9 Å². The summed E-state index contributed by atoms with van der Waals surface area (Å²) in [4.78, 5) is 177. The number of benzene rings is 1. The first-order valence-corrected chi connectivity index (χ1v) is 34.1. The van der Waals surface area contributed by atoms with Crippen LogP contribution in [0.15, 0.2) is 40.4 Å². The first-order chi connectivity index (χ1) is 46.9. The van der Waals surface area contributed by atoms with Gasteiger partial charge in [-0.25, -0.2) is 0 Å². The van der Waals surface area contributed by atoms with E-state index in [1.165, 1.54) is 6.92 Å². The van der Waals surface area contributed by atoms with Crippen LogP contribution in [-0.4, -0.2) is 191 Å². The zero-order chi connectivity index (χ0) is 74.3. The van der Waals surface area contributed by atoms with E-state index >= 15 is 0 Å². The third kappa shape index (κ3) is 32.8. The molecule has 2 aromatic rings. The normalized spacial score (nSPS) is 14.5. The number of nitrogens with two attached hydrogens (primary N) is 7. The minimum atomic E-state index is -1.62. The number of hydrogen-bond donors (Lipinski definition) is 20. The predicted octanol–water partition coefficient (Wildman–Crippen LogP) is -2.80. The maximum Gasteiger partial charge on any atom is 0.325 e. The number of aromatic amines is 1. The Balaban J connectivity index is 2.60. The Morgan fingerprint density at radius 3 is 1.45 bits per heavy atom. The Hall–Kier alpha value is -9.18. The van der Waals surface area contributed by atoms with Crippen LogP contribution >= 0.6 is 0 Å². The number of nitrogens with one attached hydrogen (secondary N) is 11. The number of aliphatic imine (C=N–C) groups is 2. The number of carbonyl (C=O) groups excluding carboxylic acids is 11. The Kier molecular flexibility index (Phi) is 40.1. The second-order valence-electron chi connectivity index (χ2n) is 25.5. The van der Waals surface area contributed by atoms with Crippen LogP contribution in [0.25, 0.3) is 10.9 Å². The summed E-state index contributed by atoms with van der Waals surface area (Å²) < 4.78 is 0. The predicted molar refractivity (Wildman–Crippen MR) is 373 cm³/mol. The largest absolute Gasteiger partial charge is 0.480 e. The number of carboxylic acid groups (broad SMARTS) is 1. The number of aromatic nitrogens is 1. The number of para-hydroxylation sites is 1. The highest BCUT2D eigenvalue weighted by Gasteiger charge is 2.38. The van der Waals surface area contributed by atoms with Crippen LogP contribution in [0.2, 0.25) is 0 Å². The Bertz CT molecular complexity index is 3010. The molecule has 0 saturated carbocycles. The van der Waals surface area contributed by atoms with Crippen molar-refractivity contribution in [2.24, 2.45) is 67.9 Å². The van der Waals surface area contributed by atoms with Gasteiger partial charge in [-0.2, -0.15) is 0 Å². The molecule has 0 spiro atoms. The van der Waals surface area contributed by atoms with Crippen molar-refractivity contribution < 1.29 is 67.7 Å². The molecule has 1 heterocycles. The summed E-state index contributed by atoms with van der Waals surface area (Å²) in [5.74, 6) is -12.5. The van der Waals surface area contributed by atoms with Crippen molar-refractivity contribution in [3.63, 3.8) is 0 Å². The topological polar surface area (TPSA) is 588 Å². The average Bonchev–Trinajstić information content (AvgIpc) is 1.81. The maximum atomic E-state index is 14.8. The number of fused-ring (bicyclic) bond motifs is 1. The summed E-state index contributed by atoms with van der Waals surface area (Å²) in [6.45, 7) is 11.2. The summed E-state index contributed by atoms with van der Waals surface area (Å²) in [6, 6.07) is -6.78. The van der Waals surface area contributed by atoms with E-state index in [9.17, 15) is 67.7 Å². The van der Waals surface area contributed by atoms with Crippen LogP contribution < -0.4 is 93.3 Å². The number of H-pyrrole nitrogens is 1. The molecule has 0 saturated heterocycles. The summed E-state index contributed by atoms with van der Waals surface area (Å²) >= 11 is 0. The monoisotopic (exact) mass is 1400 g/mol. The summed E-state index contributed by atoms with van der Waals surface area (Å²) in [7, 11) is 0. The number of rotatable bonds is 50. The quantitative estimate of drug-likeness (QED) is 0.0181. The fourth-order valence-corrected chi connectivity index (χ4v) is 10.4. The summed E-state index contributed by atoms with van der Waals surface area (Å²) in [6.07, 6.45) is 6.07. The van der Waals surface area contributed by atoms with Crippen molar-refractivity contribution in [2.45, 2.75) is 224 Å². The van der Waals surface area contributed by atoms with E-state index in [4.69, 9.17) is 40.1 Å². The second kappa shape index (κ2) is 46.2. The number of nitrogens with zero attached hydrogens (tertiary/aromatic N) is 2. The molecule has 11 atom stereocenters. The third-order valence-corrected chi connectivity index (χ3v) is 16.3. The van der Waals surface area contributed by atoms with Crippen LogP contribution in [0.3, 0.4) is 0 Å². The highest BCUT2D eigenvalue weighted by molar-refractivity contribution is 5.99. The van der Waals surface area contributed by atoms with E-state index in [2.05, 4.69) is 68.1 Å². The molecule has 34 nitrogen and oxygen atoms in total. The molecule has 1 aromatic heterocycles. The molecule has 0 aliphatic carbocycles. The first kappa shape index (κ1) is 85.9. The molecule has 11 amide bonds. The molecule has 0 aliphatic heterocycles. The third-order valence-electron chi connectivity index (χ3n) is 16.3. The van der Waals surface area contributed by atoms with Crippen molar-refractivity contribution in [1.82, 2.24) is 58.2 Å². The molecular formula is C65H112N20O14. The van der Waals surface area contributed by atoms with Gasteiger partial charge in [-0.1, -0.05) is 85.4 Å². The van der Waals surface area contributed by atoms with Crippen LogP contribution in [0.1, 0.15) is 163 Å². The Morgan fingerprint density at radius 2 is 0.929 bits per heavy atom. The van der Waals surface area contributed by atoms with E-state index in [1.54, 1.807) is 53.8 Å². The fraction of sp³-hybridized carbons (Fsp3) is 0.662. The molecule has 27 N–H and O–H groups in total. The molecule has 99 heavy (non-hydrogen) atoms. The molecular weight excluding hydrogens is 1280 g/mol. The summed E-state index contributed by atoms with van der Waals surface area (Å²) in [5, 5.41) is 46.3. The van der Waals surface area contributed by atoms with Gasteiger partial charge in [0.05, 0.1) is 6.61 Å². The maximum absolute atomic E-state index is 14.8. The van der Waals surface area contributed by atoms with Crippen molar-refractivity contribution in [1.29, 1.82) is 0 Å². The highest BCUT2D eigenvalue weighted by atomic mass is 16.4. The highest BCUT2D eigenvalue weighted by Crippen LogP contribution is 2.21. The standard InChI is InChI=1S/C65H112N20O14/c1-8-38(6)53(85-57(92)43(22-15-17-29-67)78-59(94)48(33-40-34-75-42-21-14-13-20-41(40)42)82-55(90)46(26-27-50(68)87)77-51(88)25-12-10-9-11-16-28-66)62(97)80-45(24-19-31-74-65(71)72)56(91)84-52(37(4)5)61(96)79-44(23-18-30-73-64(69)70)54(89)81-47(32-36(2)3)58(93)83-49(35-86)60(95)76-39(7)63(98)99/h13-14,20-21,34,36-39,43-49,52-53,75,86H,8-12,15-19,22-33,35,66-67H2,1-7H3,(H2,68,87)(H,76,95)(H,77,88)(H,78,94)(H,79,96)(H,80,97)(H,81,89)(H,82,90)(H,83,93)(H,84,91)(H,85,92)(H,98,99)(H4,69,70,73)(H4,71,72,74)/t38-,39-,43-,44-,45-,46-,47-,48-,49-,52-,53-/m0/s1. The van der Waals surface area contributed by atoms with Gasteiger partial charge < -0.3 is 109 Å². The van der Waals surface area contributed by atoms with Crippen molar-refractivity contribution >= 4 is 93.8 Å². The average molecular weight is 1400 g/mol. The van der Waals surface area contributed by atoms with E-state index in [1.807, 2.05) is 18.2 Å². The zero-order valence-electron chi connectivity index (χ0n) is 58.4. The second-order valence-corrected chi connectivity index (χ2v) is 25.5. The number of hydrogen-bond acceptors (Lipinski definition) is 17. The zero-order valence-corrected chi connectivity index (χ0v) is 58.4. The minimum Gasteiger partial charge on any atom is -0.480 e. The fourth-order valence-electron chi connectivity index (χ4n) is 10.4. The van der Waals surface area contributed by atoms with Gasteiger partial charge in [0.25, 0.3) is 0 Å². The molecule has 1 aromatic carbocycles.